The van der Waals surface area contributed by atoms with Crippen molar-refractivity contribution in [1.82, 2.24) is 5.32 Å². The van der Waals surface area contributed by atoms with E-state index in [0.717, 1.165) is 28.6 Å². The lowest BCUT2D eigenvalue weighted by molar-refractivity contribution is 0.222. The van der Waals surface area contributed by atoms with Gasteiger partial charge in [-0.3, -0.25) is 0 Å². The van der Waals surface area contributed by atoms with Crippen molar-refractivity contribution < 1.29 is 4.79 Å². The highest BCUT2D eigenvalue weighted by Gasteiger charge is 2.38. The molecular formula is C19H21BrN2O. The topological polar surface area (TPSA) is 41.1 Å². The van der Waals surface area contributed by atoms with Crippen molar-refractivity contribution in [3.8, 4) is 0 Å². The van der Waals surface area contributed by atoms with Crippen LogP contribution in [0.1, 0.15) is 30.4 Å². The zero-order valence-electron chi connectivity index (χ0n) is 13.2. The molecule has 0 atom stereocenters. The fraction of sp³-hybridized carbons (Fsp3) is 0.316. The maximum atomic E-state index is 12.2. The Labute approximate surface area is 145 Å². The molecule has 1 aliphatic carbocycles. The van der Waals surface area contributed by atoms with E-state index in [0.29, 0.717) is 6.54 Å². The number of hydrogen-bond acceptors (Lipinski definition) is 1. The van der Waals surface area contributed by atoms with Gasteiger partial charge in [0.25, 0.3) is 0 Å². The summed E-state index contributed by atoms with van der Waals surface area (Å²) in [5.74, 6) is 0. The molecule has 0 bridgehead atoms. The number of carbonyl (C=O) groups excluding carboxylic acids is 1. The summed E-state index contributed by atoms with van der Waals surface area (Å²) < 4.78 is 1.04. The van der Waals surface area contributed by atoms with Crippen molar-refractivity contribution in [1.29, 1.82) is 0 Å². The van der Waals surface area contributed by atoms with E-state index in [2.05, 4.69) is 50.8 Å². The summed E-state index contributed by atoms with van der Waals surface area (Å²) in [7, 11) is 0. The molecule has 0 saturated heterocycles. The Hall–Kier alpha value is -1.81. The number of benzene rings is 2. The van der Waals surface area contributed by atoms with E-state index in [9.17, 15) is 4.79 Å². The Balaban J connectivity index is 1.61. The van der Waals surface area contributed by atoms with E-state index in [4.69, 9.17) is 0 Å². The van der Waals surface area contributed by atoms with Crippen molar-refractivity contribution in [3.05, 3.63) is 64.1 Å². The molecule has 2 amide bonds. The monoisotopic (exact) mass is 372 g/mol. The first-order valence-electron chi connectivity index (χ1n) is 7.96. The molecule has 0 heterocycles. The van der Waals surface area contributed by atoms with Crippen LogP contribution in [0.3, 0.4) is 0 Å². The molecule has 3 rings (SSSR count). The largest absolute Gasteiger partial charge is 0.337 e. The zero-order valence-corrected chi connectivity index (χ0v) is 14.8. The third-order valence-corrected chi connectivity index (χ3v) is 5.59. The van der Waals surface area contributed by atoms with Gasteiger partial charge in [-0.1, -0.05) is 52.7 Å². The molecule has 4 heteroatoms. The predicted molar refractivity (Wildman–Crippen MR) is 97.9 cm³/mol. The Morgan fingerprint density at radius 1 is 1.17 bits per heavy atom. The summed E-state index contributed by atoms with van der Waals surface area (Å²) >= 11 is 3.47. The van der Waals surface area contributed by atoms with Crippen molar-refractivity contribution in [2.45, 2.75) is 31.6 Å². The zero-order chi connectivity index (χ0) is 16.3. The van der Waals surface area contributed by atoms with Crippen LogP contribution in [0.5, 0.6) is 0 Å². The first-order chi connectivity index (χ1) is 11.1. The average molecular weight is 373 g/mol. The summed E-state index contributed by atoms with van der Waals surface area (Å²) in [6.45, 7) is 2.68. The first-order valence-corrected chi connectivity index (χ1v) is 8.75. The van der Waals surface area contributed by atoms with Gasteiger partial charge in [-0.05, 0) is 49.1 Å². The molecule has 0 radical (unpaired) electrons. The molecule has 2 aromatic rings. The quantitative estimate of drug-likeness (QED) is 0.778. The van der Waals surface area contributed by atoms with Crippen molar-refractivity contribution in [2.75, 3.05) is 11.9 Å². The minimum absolute atomic E-state index is 0.105. The summed E-state index contributed by atoms with van der Waals surface area (Å²) in [5.41, 5.74) is 3.34. The number of halogens is 1. The van der Waals surface area contributed by atoms with Gasteiger partial charge in [0.05, 0.1) is 0 Å². The molecular weight excluding hydrogens is 352 g/mol. The van der Waals surface area contributed by atoms with Crippen LogP contribution in [0.4, 0.5) is 10.5 Å². The van der Waals surface area contributed by atoms with Crippen molar-refractivity contribution in [3.63, 3.8) is 0 Å². The first kappa shape index (κ1) is 16.1. The lowest BCUT2D eigenvalue weighted by Gasteiger charge is -2.42. The van der Waals surface area contributed by atoms with Gasteiger partial charge in [0.15, 0.2) is 0 Å². The van der Waals surface area contributed by atoms with Gasteiger partial charge in [-0.2, -0.15) is 0 Å². The van der Waals surface area contributed by atoms with Gasteiger partial charge in [0.1, 0.15) is 0 Å². The molecule has 0 spiro atoms. The third-order valence-electron chi connectivity index (χ3n) is 4.70. The Bertz CT molecular complexity index is 696. The van der Waals surface area contributed by atoms with E-state index in [1.807, 2.05) is 31.2 Å². The third kappa shape index (κ3) is 3.58. The Kier molecular flexibility index (Phi) is 4.71. The molecule has 120 valence electrons. The minimum atomic E-state index is -0.145. The number of aryl methyl sites for hydroxylation is 1. The lowest BCUT2D eigenvalue weighted by Crippen LogP contribution is -2.46. The number of hydrogen-bond donors (Lipinski definition) is 2. The van der Waals surface area contributed by atoms with Crippen LogP contribution >= 0.6 is 15.9 Å². The molecule has 0 aliphatic heterocycles. The molecule has 1 saturated carbocycles. The van der Waals surface area contributed by atoms with E-state index in [1.165, 1.54) is 12.0 Å². The summed E-state index contributed by atoms with van der Waals surface area (Å²) in [5, 5.41) is 5.96. The van der Waals surface area contributed by atoms with Gasteiger partial charge in [-0.15, -0.1) is 0 Å². The Morgan fingerprint density at radius 2 is 1.91 bits per heavy atom. The predicted octanol–water partition coefficient (Wildman–Crippen LogP) is 5.00. The van der Waals surface area contributed by atoms with Crippen LogP contribution in [0.25, 0.3) is 0 Å². The van der Waals surface area contributed by atoms with Crippen LogP contribution in [0, 0.1) is 6.92 Å². The van der Waals surface area contributed by atoms with Gasteiger partial charge in [0, 0.05) is 22.1 Å². The van der Waals surface area contributed by atoms with Crippen LogP contribution in [-0.2, 0) is 5.41 Å². The van der Waals surface area contributed by atoms with Crippen LogP contribution in [-0.4, -0.2) is 12.6 Å². The molecule has 2 aromatic carbocycles. The maximum absolute atomic E-state index is 12.2. The lowest BCUT2D eigenvalue weighted by atomic mass is 9.64. The molecule has 2 N–H and O–H groups in total. The minimum Gasteiger partial charge on any atom is -0.337 e. The normalized spacial score (nSPS) is 15.6. The fourth-order valence-electron chi connectivity index (χ4n) is 3.11. The summed E-state index contributed by atoms with van der Waals surface area (Å²) in [6, 6.07) is 16.2. The second kappa shape index (κ2) is 6.75. The fourth-order valence-corrected chi connectivity index (χ4v) is 3.36. The number of urea groups is 1. The Morgan fingerprint density at radius 3 is 2.52 bits per heavy atom. The number of rotatable bonds is 4. The molecule has 3 nitrogen and oxygen atoms in total. The average Bonchev–Trinajstić information content (AvgIpc) is 2.51. The van der Waals surface area contributed by atoms with E-state index in [-0.39, 0.29) is 11.4 Å². The number of carbonyl (C=O) groups is 1. The van der Waals surface area contributed by atoms with Crippen molar-refractivity contribution in [2.24, 2.45) is 0 Å². The van der Waals surface area contributed by atoms with Gasteiger partial charge in [0.2, 0.25) is 0 Å². The van der Waals surface area contributed by atoms with Crippen LogP contribution in [0.2, 0.25) is 0 Å². The van der Waals surface area contributed by atoms with E-state index < -0.39 is 0 Å². The van der Waals surface area contributed by atoms with Crippen LogP contribution < -0.4 is 10.6 Å². The highest BCUT2D eigenvalue weighted by Crippen LogP contribution is 2.43. The molecule has 1 fully saturated rings. The highest BCUT2D eigenvalue weighted by atomic mass is 79.9. The summed E-state index contributed by atoms with van der Waals surface area (Å²) in [6.07, 6.45) is 3.49. The highest BCUT2D eigenvalue weighted by molar-refractivity contribution is 9.10. The summed E-state index contributed by atoms with van der Waals surface area (Å²) in [4.78, 5) is 12.2. The second-order valence-corrected chi connectivity index (χ2v) is 7.13. The maximum Gasteiger partial charge on any atom is 0.319 e. The number of amides is 2. The number of nitrogens with one attached hydrogen (secondary N) is 2. The van der Waals surface area contributed by atoms with Crippen LogP contribution in [0.15, 0.2) is 53.0 Å². The van der Waals surface area contributed by atoms with Gasteiger partial charge < -0.3 is 10.6 Å². The number of anilines is 1. The molecule has 23 heavy (non-hydrogen) atoms. The van der Waals surface area contributed by atoms with E-state index in [1.54, 1.807) is 0 Å². The molecule has 1 aliphatic rings. The smallest absolute Gasteiger partial charge is 0.319 e. The second-order valence-electron chi connectivity index (χ2n) is 6.27. The van der Waals surface area contributed by atoms with Crippen molar-refractivity contribution >= 4 is 27.6 Å². The van der Waals surface area contributed by atoms with Gasteiger partial charge in [-0.25, -0.2) is 4.79 Å². The van der Waals surface area contributed by atoms with E-state index >= 15 is 0 Å². The molecule has 0 unspecified atom stereocenters. The van der Waals surface area contributed by atoms with Gasteiger partial charge >= 0.3 is 6.03 Å². The molecule has 0 aromatic heterocycles. The SMILES string of the molecule is Cc1cc(NC(=O)NCC2(c3ccccc3)CCC2)ccc1Br. The standard InChI is InChI=1S/C19H21BrN2O/c1-14-12-16(8-9-17(14)20)22-18(23)21-13-19(10-5-11-19)15-6-3-2-4-7-15/h2-4,6-9,12H,5,10-11,13H2,1H3,(H2,21,22,23).